The third-order valence-electron chi connectivity index (χ3n) is 2.99. The summed E-state index contributed by atoms with van der Waals surface area (Å²) in [6, 6.07) is 5.62. The van der Waals surface area contributed by atoms with Crippen LogP contribution in [0.3, 0.4) is 0 Å². The quantitative estimate of drug-likeness (QED) is 0.618. The molecule has 0 atom stereocenters. The maximum absolute atomic E-state index is 13.0. The van der Waals surface area contributed by atoms with E-state index in [9.17, 15) is 14.4 Å². The van der Waals surface area contributed by atoms with E-state index in [2.05, 4.69) is 15.2 Å². The average molecular weight is 291 g/mol. The highest BCUT2D eigenvalue weighted by molar-refractivity contribution is 6.64. The Morgan fingerprint density at radius 1 is 1.20 bits per heavy atom. The molecule has 0 unspecified atom stereocenters. The molecule has 3 aromatic rings. The van der Waals surface area contributed by atoms with Crippen LogP contribution in [-0.2, 0) is 0 Å². The van der Waals surface area contributed by atoms with Gasteiger partial charge < -0.3 is 10.0 Å². The zero-order chi connectivity index (χ0) is 14.3. The van der Waals surface area contributed by atoms with Crippen LogP contribution < -0.4 is 5.46 Å². The van der Waals surface area contributed by atoms with Gasteiger partial charge in [-0.2, -0.15) is 5.10 Å². The molecule has 3 rings (SSSR count). The fraction of sp³-hybridized carbons (Fsp3) is 0. The lowest BCUT2D eigenvalue weighted by Crippen LogP contribution is -2.32. The van der Waals surface area contributed by atoms with E-state index in [1.807, 2.05) is 0 Å². The van der Waals surface area contributed by atoms with Crippen LogP contribution in [0.2, 0.25) is 5.15 Å². The number of fused-ring (bicyclic) bond motifs is 1. The van der Waals surface area contributed by atoms with Crippen LogP contribution in [0.1, 0.15) is 0 Å². The Labute approximate surface area is 118 Å². The van der Waals surface area contributed by atoms with Gasteiger partial charge in [-0.3, -0.25) is 5.10 Å². The Balaban J connectivity index is 2.32. The maximum Gasteiger partial charge on any atom is 0.489 e. The van der Waals surface area contributed by atoms with Crippen LogP contribution in [0.5, 0.6) is 0 Å². The third-order valence-corrected chi connectivity index (χ3v) is 3.27. The highest BCUT2D eigenvalue weighted by atomic mass is 35.5. The van der Waals surface area contributed by atoms with E-state index in [0.29, 0.717) is 16.5 Å². The van der Waals surface area contributed by atoms with Crippen LogP contribution >= 0.6 is 11.6 Å². The topological polar surface area (TPSA) is 82.0 Å². The minimum absolute atomic E-state index is 0.166. The first-order valence-electron chi connectivity index (χ1n) is 5.72. The summed E-state index contributed by atoms with van der Waals surface area (Å²) in [6.45, 7) is 0. The second kappa shape index (κ2) is 4.86. The van der Waals surface area contributed by atoms with Crippen molar-refractivity contribution >= 4 is 35.2 Å². The van der Waals surface area contributed by atoms with Crippen molar-refractivity contribution in [1.29, 1.82) is 0 Å². The molecular weight excluding hydrogens is 283 g/mol. The molecule has 100 valence electrons. The number of nitrogens with zero attached hydrogens (tertiary/aromatic N) is 2. The number of pyridine rings is 1. The molecule has 0 saturated heterocycles. The van der Waals surface area contributed by atoms with E-state index in [1.54, 1.807) is 0 Å². The minimum Gasteiger partial charge on any atom is -0.423 e. The number of nitrogens with one attached hydrogen (secondary N) is 1. The minimum atomic E-state index is -1.75. The molecule has 0 radical (unpaired) electrons. The summed E-state index contributed by atoms with van der Waals surface area (Å²) in [4.78, 5) is 4.10. The average Bonchev–Trinajstić information content (AvgIpc) is 2.80. The van der Waals surface area contributed by atoms with Crippen LogP contribution in [0.4, 0.5) is 4.39 Å². The molecule has 0 fully saturated rings. The molecule has 0 saturated carbocycles. The van der Waals surface area contributed by atoms with Gasteiger partial charge >= 0.3 is 7.12 Å². The summed E-state index contributed by atoms with van der Waals surface area (Å²) in [6.07, 6.45) is 1.45. The van der Waals surface area contributed by atoms with Crippen molar-refractivity contribution in [2.45, 2.75) is 0 Å². The van der Waals surface area contributed by atoms with Gasteiger partial charge in [0, 0.05) is 17.2 Å². The van der Waals surface area contributed by atoms with Gasteiger partial charge in [-0.15, -0.1) is 0 Å². The summed E-state index contributed by atoms with van der Waals surface area (Å²) in [5.41, 5.74) is 1.52. The number of H-pyrrole nitrogens is 1. The van der Waals surface area contributed by atoms with Crippen molar-refractivity contribution in [3.63, 3.8) is 0 Å². The molecule has 2 heterocycles. The van der Waals surface area contributed by atoms with E-state index in [-0.39, 0.29) is 22.1 Å². The summed E-state index contributed by atoms with van der Waals surface area (Å²) >= 11 is 5.97. The number of hydrogen-bond donors (Lipinski definition) is 3. The Morgan fingerprint density at radius 3 is 2.55 bits per heavy atom. The van der Waals surface area contributed by atoms with Crippen LogP contribution in [0, 0.1) is 5.82 Å². The first kappa shape index (κ1) is 13.0. The predicted molar refractivity (Wildman–Crippen MR) is 74.1 cm³/mol. The lowest BCUT2D eigenvalue weighted by Gasteiger charge is -2.10. The summed E-state index contributed by atoms with van der Waals surface area (Å²) in [5, 5.41) is 26.1. The van der Waals surface area contributed by atoms with Gasteiger partial charge in [0.05, 0.1) is 5.39 Å². The lowest BCUT2D eigenvalue weighted by molar-refractivity contribution is 0.426. The zero-order valence-corrected chi connectivity index (χ0v) is 10.8. The largest absolute Gasteiger partial charge is 0.489 e. The summed E-state index contributed by atoms with van der Waals surface area (Å²) < 4.78 is 13.0. The maximum atomic E-state index is 13.0. The summed E-state index contributed by atoms with van der Waals surface area (Å²) in [7, 11) is -1.75. The molecule has 3 N–H and O–H groups in total. The number of halogens is 2. The smallest absolute Gasteiger partial charge is 0.423 e. The first-order valence-corrected chi connectivity index (χ1v) is 6.10. The van der Waals surface area contributed by atoms with E-state index < -0.39 is 7.12 Å². The van der Waals surface area contributed by atoms with E-state index in [1.165, 1.54) is 30.5 Å². The Hall–Kier alpha value is -1.96. The van der Waals surface area contributed by atoms with Gasteiger partial charge in [0.2, 0.25) is 0 Å². The van der Waals surface area contributed by atoms with Gasteiger partial charge in [-0.25, -0.2) is 9.37 Å². The Morgan fingerprint density at radius 2 is 1.90 bits per heavy atom. The molecule has 8 heteroatoms. The molecule has 0 bridgehead atoms. The highest BCUT2D eigenvalue weighted by Gasteiger charge is 2.24. The van der Waals surface area contributed by atoms with Crippen LogP contribution in [-0.4, -0.2) is 32.3 Å². The van der Waals surface area contributed by atoms with E-state index in [0.717, 1.165) is 0 Å². The van der Waals surface area contributed by atoms with Gasteiger partial charge in [0.1, 0.15) is 11.0 Å². The molecular formula is C12H8BClFN3O2. The Kier molecular flexibility index (Phi) is 3.17. The second-order valence-electron chi connectivity index (χ2n) is 4.20. The van der Waals surface area contributed by atoms with Gasteiger partial charge in [0.25, 0.3) is 0 Å². The SMILES string of the molecule is OB(O)c1c(-c2ccc(F)cc2)cnc2n[nH]c(Cl)c12. The number of rotatable bonds is 2. The molecule has 1 aromatic carbocycles. The molecule has 0 aliphatic rings. The number of aromatic amines is 1. The van der Waals surface area contributed by atoms with Gasteiger partial charge in [0.15, 0.2) is 5.65 Å². The highest BCUT2D eigenvalue weighted by Crippen LogP contribution is 2.24. The third kappa shape index (κ3) is 2.05. The van der Waals surface area contributed by atoms with E-state index >= 15 is 0 Å². The van der Waals surface area contributed by atoms with Crippen molar-refractivity contribution in [3.8, 4) is 11.1 Å². The fourth-order valence-corrected chi connectivity index (χ4v) is 2.33. The fourth-order valence-electron chi connectivity index (χ4n) is 2.10. The van der Waals surface area contributed by atoms with Crippen molar-refractivity contribution < 1.29 is 14.4 Å². The molecule has 5 nitrogen and oxygen atoms in total. The summed E-state index contributed by atoms with van der Waals surface area (Å²) in [5.74, 6) is -0.379. The Bertz CT molecular complexity index is 776. The van der Waals surface area contributed by atoms with Crippen molar-refractivity contribution in [2.75, 3.05) is 0 Å². The van der Waals surface area contributed by atoms with Gasteiger partial charge in [-0.1, -0.05) is 23.7 Å². The van der Waals surface area contributed by atoms with Crippen LogP contribution in [0.25, 0.3) is 22.2 Å². The standard InChI is InChI=1S/C12H8BClFN3O2/c14-11-9-10(13(19)20)8(5-16-12(9)18-17-11)6-1-3-7(15)4-2-6/h1-5,19-20H,(H,16,17,18). The molecule has 0 amide bonds. The van der Waals surface area contributed by atoms with E-state index in [4.69, 9.17) is 11.6 Å². The molecule has 2 aromatic heterocycles. The molecule has 0 aliphatic carbocycles. The van der Waals surface area contributed by atoms with Crippen molar-refractivity contribution in [3.05, 3.63) is 41.4 Å². The van der Waals surface area contributed by atoms with Crippen molar-refractivity contribution in [2.24, 2.45) is 0 Å². The zero-order valence-electron chi connectivity index (χ0n) is 10.0. The molecule has 0 spiro atoms. The van der Waals surface area contributed by atoms with Gasteiger partial charge in [-0.05, 0) is 17.7 Å². The predicted octanol–water partition coefficient (Wildman–Crippen LogP) is 1.10. The van der Waals surface area contributed by atoms with Crippen molar-refractivity contribution in [1.82, 2.24) is 15.2 Å². The first-order chi connectivity index (χ1) is 9.58. The van der Waals surface area contributed by atoms with Crippen LogP contribution in [0.15, 0.2) is 30.5 Å². The number of aromatic nitrogens is 3. The number of hydrogen-bond acceptors (Lipinski definition) is 4. The monoisotopic (exact) mass is 291 g/mol. The molecule has 20 heavy (non-hydrogen) atoms. The lowest BCUT2D eigenvalue weighted by atomic mass is 9.74. The second-order valence-corrected chi connectivity index (χ2v) is 4.58. The normalized spacial score (nSPS) is 11.0. The number of benzene rings is 1. The molecule has 0 aliphatic heterocycles.